The van der Waals surface area contributed by atoms with Gasteiger partial charge in [-0.3, -0.25) is 0 Å². The maximum Gasteiger partial charge on any atom is 0.0701 e. The minimum absolute atomic E-state index is 0.595. The van der Waals surface area contributed by atoms with Gasteiger partial charge in [-0.15, -0.1) is 0 Å². The first-order valence-electron chi connectivity index (χ1n) is 7.02. The van der Waals surface area contributed by atoms with Crippen LogP contribution >= 0.6 is 0 Å². The van der Waals surface area contributed by atoms with E-state index >= 15 is 0 Å². The second-order valence-corrected chi connectivity index (χ2v) is 3.81. The summed E-state index contributed by atoms with van der Waals surface area (Å²) in [5, 5.41) is 0. The quantitative estimate of drug-likeness (QED) is 0.410. The van der Waals surface area contributed by atoms with Crippen molar-refractivity contribution in [1.82, 2.24) is 0 Å². The number of rotatable bonds is 15. The van der Waals surface area contributed by atoms with Crippen LogP contribution in [-0.4, -0.2) is 94.5 Å². The van der Waals surface area contributed by atoms with E-state index in [1.165, 1.54) is 0 Å². The van der Waals surface area contributed by atoms with Gasteiger partial charge in [0, 0.05) is 28.4 Å². The fourth-order valence-electron chi connectivity index (χ4n) is 0.993. The Morgan fingerprint density at radius 3 is 0.762 bits per heavy atom. The lowest BCUT2D eigenvalue weighted by Crippen LogP contribution is -2.12. The molecular formula is C14H32O7. The highest BCUT2D eigenvalue weighted by molar-refractivity contribution is 4.34. The maximum atomic E-state index is 5.26. The molecule has 0 aromatic heterocycles. The Labute approximate surface area is 128 Å². The molecule has 0 aromatic rings. The Morgan fingerprint density at radius 2 is 0.524 bits per heavy atom. The van der Waals surface area contributed by atoms with Crippen LogP contribution in [0.2, 0.25) is 0 Å². The predicted octanol–water partition coefficient (Wildman–Crippen LogP) is 0.608. The van der Waals surface area contributed by atoms with Crippen LogP contribution in [0.4, 0.5) is 0 Å². The lowest BCUT2D eigenvalue weighted by atomic mass is 10.7. The number of methoxy groups -OCH3 is 4. The molecule has 0 heterocycles. The molecule has 0 aliphatic heterocycles. The van der Waals surface area contributed by atoms with Crippen LogP contribution in [0.25, 0.3) is 0 Å². The van der Waals surface area contributed by atoms with E-state index in [1.807, 2.05) is 0 Å². The molecular weight excluding hydrogens is 280 g/mol. The third kappa shape index (κ3) is 28.6. The van der Waals surface area contributed by atoms with Gasteiger partial charge in [0.05, 0.1) is 66.1 Å². The molecule has 0 saturated heterocycles. The van der Waals surface area contributed by atoms with E-state index < -0.39 is 0 Å². The maximum absolute atomic E-state index is 5.26. The van der Waals surface area contributed by atoms with Crippen molar-refractivity contribution in [2.24, 2.45) is 0 Å². The van der Waals surface area contributed by atoms with Gasteiger partial charge in [-0.05, 0) is 0 Å². The van der Waals surface area contributed by atoms with Crippen molar-refractivity contribution in [3.05, 3.63) is 0 Å². The average Bonchev–Trinajstić information content (AvgIpc) is 2.51. The minimum atomic E-state index is 0.595. The van der Waals surface area contributed by atoms with Gasteiger partial charge in [0.15, 0.2) is 0 Å². The third-order valence-corrected chi connectivity index (χ3v) is 2.10. The topological polar surface area (TPSA) is 64.6 Å². The third-order valence-electron chi connectivity index (χ3n) is 2.10. The Morgan fingerprint density at radius 1 is 0.333 bits per heavy atom. The van der Waals surface area contributed by atoms with Crippen LogP contribution in [-0.2, 0) is 33.2 Å². The summed E-state index contributed by atoms with van der Waals surface area (Å²) in [5.41, 5.74) is 0. The fraction of sp³-hybridized carbons (Fsp3) is 1.00. The molecule has 0 spiro atoms. The van der Waals surface area contributed by atoms with E-state index in [-0.39, 0.29) is 0 Å². The van der Waals surface area contributed by atoms with Crippen LogP contribution < -0.4 is 0 Å². The summed E-state index contributed by atoms with van der Waals surface area (Å²) >= 11 is 0. The summed E-state index contributed by atoms with van der Waals surface area (Å²) in [6.07, 6.45) is 0. The lowest BCUT2D eigenvalue weighted by molar-refractivity contribution is -0.00380. The highest BCUT2D eigenvalue weighted by atomic mass is 16.6. The van der Waals surface area contributed by atoms with Crippen molar-refractivity contribution in [1.29, 1.82) is 0 Å². The molecule has 0 aromatic carbocycles. The number of hydrogen-bond donors (Lipinski definition) is 0. The van der Waals surface area contributed by atoms with E-state index in [1.54, 1.807) is 28.4 Å². The van der Waals surface area contributed by atoms with Gasteiger partial charge in [0.25, 0.3) is 0 Å². The first kappa shape index (κ1) is 23.0. The van der Waals surface area contributed by atoms with Crippen molar-refractivity contribution >= 4 is 0 Å². The Kier molecular flexibility index (Phi) is 27.1. The summed E-state index contributed by atoms with van der Waals surface area (Å²) in [6, 6.07) is 0. The monoisotopic (exact) mass is 312 g/mol. The summed E-state index contributed by atoms with van der Waals surface area (Å²) < 4.78 is 34.6. The van der Waals surface area contributed by atoms with E-state index in [0.717, 1.165) is 0 Å². The average molecular weight is 312 g/mol. The second kappa shape index (κ2) is 24.7. The van der Waals surface area contributed by atoms with Gasteiger partial charge < -0.3 is 33.2 Å². The van der Waals surface area contributed by atoms with Gasteiger partial charge in [-0.25, -0.2) is 0 Å². The van der Waals surface area contributed by atoms with Crippen molar-refractivity contribution in [2.45, 2.75) is 0 Å². The van der Waals surface area contributed by atoms with Crippen molar-refractivity contribution in [3.63, 3.8) is 0 Å². The van der Waals surface area contributed by atoms with E-state index in [2.05, 4.69) is 9.47 Å². The summed E-state index contributed by atoms with van der Waals surface area (Å²) in [4.78, 5) is 0. The largest absolute Gasteiger partial charge is 0.382 e. The van der Waals surface area contributed by atoms with Crippen LogP contribution in [0.1, 0.15) is 0 Å². The zero-order valence-electron chi connectivity index (χ0n) is 13.9. The Hall–Kier alpha value is -0.280. The zero-order valence-corrected chi connectivity index (χ0v) is 13.9. The first-order chi connectivity index (χ1) is 10.3. The Balaban J connectivity index is 0. The van der Waals surface area contributed by atoms with Crippen LogP contribution in [0, 0.1) is 0 Å². The molecule has 0 radical (unpaired) electrons. The normalized spacial score (nSPS) is 10.3. The molecule has 0 rings (SSSR count). The molecule has 0 fully saturated rings. The molecule has 0 aliphatic carbocycles. The molecule has 0 atom stereocenters. The van der Waals surface area contributed by atoms with Gasteiger partial charge in [-0.1, -0.05) is 0 Å². The molecule has 0 unspecified atom stereocenters. The number of ether oxygens (including phenoxy) is 7. The molecule has 130 valence electrons. The number of hydrogen-bond acceptors (Lipinski definition) is 7. The summed E-state index contributed by atoms with van der Waals surface area (Å²) in [5.74, 6) is 0. The smallest absolute Gasteiger partial charge is 0.0701 e. The van der Waals surface area contributed by atoms with Crippen molar-refractivity contribution in [2.75, 3.05) is 94.5 Å². The zero-order chi connectivity index (χ0) is 16.0. The predicted molar refractivity (Wildman–Crippen MR) is 80.0 cm³/mol. The molecule has 7 heteroatoms. The van der Waals surface area contributed by atoms with E-state index in [9.17, 15) is 0 Å². The summed E-state index contributed by atoms with van der Waals surface area (Å²) in [7, 11) is 6.60. The molecule has 0 bridgehead atoms. The van der Waals surface area contributed by atoms with Gasteiger partial charge in [0.2, 0.25) is 0 Å². The van der Waals surface area contributed by atoms with Gasteiger partial charge in [-0.2, -0.15) is 0 Å². The standard InChI is InChI=1S/C10H22O5.C4H10O2/c1-11-3-5-13-7-9-15-10-8-14-6-4-12-2;1-5-3-4-6-2/h3-10H2,1-2H3;3-4H2,1-2H3. The minimum Gasteiger partial charge on any atom is -0.382 e. The SMILES string of the molecule is COCCOC.COCCOCCOCCOCCOC. The molecule has 7 nitrogen and oxygen atoms in total. The highest BCUT2D eigenvalue weighted by Gasteiger charge is 1.91. The highest BCUT2D eigenvalue weighted by Crippen LogP contribution is 1.82. The van der Waals surface area contributed by atoms with Crippen molar-refractivity contribution < 1.29 is 33.2 Å². The molecule has 0 N–H and O–H groups in total. The van der Waals surface area contributed by atoms with Gasteiger partial charge in [0.1, 0.15) is 0 Å². The van der Waals surface area contributed by atoms with Crippen LogP contribution in [0.5, 0.6) is 0 Å². The fourth-order valence-corrected chi connectivity index (χ4v) is 0.993. The lowest BCUT2D eigenvalue weighted by Gasteiger charge is -2.06. The molecule has 21 heavy (non-hydrogen) atoms. The van der Waals surface area contributed by atoms with Crippen molar-refractivity contribution in [3.8, 4) is 0 Å². The molecule has 0 saturated carbocycles. The molecule has 0 amide bonds. The van der Waals surface area contributed by atoms with E-state index in [0.29, 0.717) is 66.1 Å². The second-order valence-electron chi connectivity index (χ2n) is 3.81. The first-order valence-corrected chi connectivity index (χ1v) is 7.02. The van der Waals surface area contributed by atoms with E-state index in [4.69, 9.17) is 23.7 Å². The summed E-state index contributed by atoms with van der Waals surface area (Å²) in [6.45, 7) is 6.25. The molecule has 0 aliphatic rings. The van der Waals surface area contributed by atoms with Crippen LogP contribution in [0.3, 0.4) is 0 Å². The van der Waals surface area contributed by atoms with Crippen LogP contribution in [0.15, 0.2) is 0 Å². The van der Waals surface area contributed by atoms with Gasteiger partial charge >= 0.3 is 0 Å². The Bertz CT molecular complexity index is 142.